The zero-order valence-electron chi connectivity index (χ0n) is 17.0. The summed E-state index contributed by atoms with van der Waals surface area (Å²) in [6.45, 7) is 2.47. The Morgan fingerprint density at radius 2 is 1.11 bits per heavy atom. The standard InChI is InChI=1S/C26H35N/c1-26(22-24-16-10-8-11-17-24,23-25-18-12-9-13-19-25)20-14-6-4-2-3-5-7-15-21-27/h8-13,16-19H,2-7,14-15,20,22-23H2,1H3. The molecule has 0 radical (unpaired) electrons. The van der Waals surface area contributed by atoms with Gasteiger partial charge in [-0.15, -0.1) is 0 Å². The van der Waals surface area contributed by atoms with Crippen LogP contribution in [0.3, 0.4) is 0 Å². The van der Waals surface area contributed by atoms with Gasteiger partial charge < -0.3 is 0 Å². The maximum atomic E-state index is 8.58. The van der Waals surface area contributed by atoms with Crippen LogP contribution in [0.1, 0.15) is 75.8 Å². The highest BCUT2D eigenvalue weighted by molar-refractivity contribution is 5.20. The van der Waals surface area contributed by atoms with Crippen molar-refractivity contribution in [3.05, 3.63) is 71.8 Å². The summed E-state index contributed by atoms with van der Waals surface area (Å²) in [6.07, 6.45) is 13.2. The third-order valence-corrected chi connectivity index (χ3v) is 5.52. The highest BCUT2D eigenvalue weighted by Gasteiger charge is 2.24. The summed E-state index contributed by atoms with van der Waals surface area (Å²) in [7, 11) is 0. The molecule has 0 N–H and O–H groups in total. The lowest BCUT2D eigenvalue weighted by molar-refractivity contribution is 0.279. The van der Waals surface area contributed by atoms with Gasteiger partial charge in [0.25, 0.3) is 0 Å². The Morgan fingerprint density at radius 1 is 0.667 bits per heavy atom. The highest BCUT2D eigenvalue weighted by Crippen LogP contribution is 2.33. The second-order valence-corrected chi connectivity index (χ2v) is 8.27. The van der Waals surface area contributed by atoms with Gasteiger partial charge in [0.2, 0.25) is 0 Å². The van der Waals surface area contributed by atoms with Crippen molar-refractivity contribution in [3.63, 3.8) is 0 Å². The average Bonchev–Trinajstić information content (AvgIpc) is 2.68. The lowest BCUT2D eigenvalue weighted by Gasteiger charge is -2.30. The Hall–Kier alpha value is -2.07. The van der Waals surface area contributed by atoms with Crippen LogP contribution in [0.15, 0.2) is 60.7 Å². The smallest absolute Gasteiger partial charge is 0.0621 e. The first kappa shape index (κ1) is 21.2. The number of hydrogen-bond donors (Lipinski definition) is 0. The topological polar surface area (TPSA) is 23.8 Å². The molecule has 144 valence electrons. The molecule has 0 heterocycles. The monoisotopic (exact) mass is 361 g/mol. The second kappa shape index (κ2) is 12.3. The van der Waals surface area contributed by atoms with Gasteiger partial charge in [-0.2, -0.15) is 5.26 Å². The third kappa shape index (κ3) is 8.91. The van der Waals surface area contributed by atoms with Gasteiger partial charge in [0.1, 0.15) is 0 Å². The fourth-order valence-electron chi connectivity index (χ4n) is 4.06. The number of rotatable bonds is 13. The highest BCUT2D eigenvalue weighted by atomic mass is 14.3. The Bertz CT molecular complexity index is 612. The van der Waals surface area contributed by atoms with Crippen molar-refractivity contribution < 1.29 is 0 Å². The van der Waals surface area contributed by atoms with E-state index in [9.17, 15) is 0 Å². The lowest BCUT2D eigenvalue weighted by Crippen LogP contribution is -2.23. The minimum atomic E-state index is 0.315. The van der Waals surface area contributed by atoms with Crippen molar-refractivity contribution in [2.45, 2.75) is 77.6 Å². The van der Waals surface area contributed by atoms with Crippen LogP contribution >= 0.6 is 0 Å². The quantitative estimate of drug-likeness (QED) is 0.339. The largest absolute Gasteiger partial charge is 0.198 e. The van der Waals surface area contributed by atoms with E-state index in [1.165, 1.54) is 56.1 Å². The summed E-state index contributed by atoms with van der Waals surface area (Å²) >= 11 is 0. The minimum Gasteiger partial charge on any atom is -0.198 e. The normalized spacial score (nSPS) is 11.3. The molecule has 2 aromatic rings. The fraction of sp³-hybridized carbons (Fsp3) is 0.500. The molecule has 27 heavy (non-hydrogen) atoms. The number of benzene rings is 2. The molecule has 0 aliphatic carbocycles. The van der Waals surface area contributed by atoms with Crippen molar-refractivity contribution >= 4 is 0 Å². The maximum absolute atomic E-state index is 8.58. The summed E-state index contributed by atoms with van der Waals surface area (Å²) in [4.78, 5) is 0. The number of nitriles is 1. The Kier molecular flexibility index (Phi) is 9.70. The van der Waals surface area contributed by atoms with E-state index in [-0.39, 0.29) is 0 Å². The van der Waals surface area contributed by atoms with Gasteiger partial charge in [0.15, 0.2) is 0 Å². The van der Waals surface area contributed by atoms with Crippen LogP contribution in [0.25, 0.3) is 0 Å². The first-order chi connectivity index (χ1) is 13.2. The molecule has 0 saturated carbocycles. The van der Waals surface area contributed by atoms with Gasteiger partial charge in [-0.25, -0.2) is 0 Å². The molecule has 1 nitrogen and oxygen atoms in total. The molecule has 2 rings (SSSR count). The molecule has 0 aromatic heterocycles. The van der Waals surface area contributed by atoms with Gasteiger partial charge in [0, 0.05) is 6.42 Å². The molecule has 0 unspecified atom stereocenters. The zero-order valence-corrected chi connectivity index (χ0v) is 17.0. The molecule has 0 saturated heterocycles. The third-order valence-electron chi connectivity index (χ3n) is 5.52. The number of unbranched alkanes of at least 4 members (excludes halogenated alkanes) is 7. The van der Waals surface area contributed by atoms with E-state index in [4.69, 9.17) is 5.26 Å². The van der Waals surface area contributed by atoms with Crippen molar-refractivity contribution in [3.8, 4) is 6.07 Å². The predicted octanol–water partition coefficient (Wildman–Crippen LogP) is 7.51. The number of nitrogens with zero attached hydrogens (tertiary/aromatic N) is 1. The number of hydrogen-bond acceptors (Lipinski definition) is 1. The van der Waals surface area contributed by atoms with Crippen LogP contribution < -0.4 is 0 Å². The summed E-state index contributed by atoms with van der Waals surface area (Å²) in [5.74, 6) is 0. The average molecular weight is 362 g/mol. The van der Waals surface area contributed by atoms with E-state index in [0.29, 0.717) is 5.41 Å². The SMILES string of the molecule is CC(CCCCCCCCCC#N)(Cc1ccccc1)Cc1ccccc1. The maximum Gasteiger partial charge on any atom is 0.0621 e. The van der Waals surface area contributed by atoms with Crippen molar-refractivity contribution in [1.29, 1.82) is 5.26 Å². The van der Waals surface area contributed by atoms with Crippen molar-refractivity contribution in [2.24, 2.45) is 5.41 Å². The second-order valence-electron chi connectivity index (χ2n) is 8.27. The molecule has 0 bridgehead atoms. The zero-order chi connectivity index (χ0) is 19.2. The van der Waals surface area contributed by atoms with Crippen molar-refractivity contribution in [1.82, 2.24) is 0 Å². The van der Waals surface area contributed by atoms with E-state index in [1.807, 2.05) is 0 Å². The molecule has 0 aliphatic rings. The van der Waals surface area contributed by atoms with Crippen LogP contribution in [-0.2, 0) is 12.8 Å². The fourth-order valence-corrected chi connectivity index (χ4v) is 4.06. The Morgan fingerprint density at radius 3 is 1.59 bits per heavy atom. The van der Waals surface area contributed by atoms with Crippen LogP contribution in [-0.4, -0.2) is 0 Å². The lowest BCUT2D eigenvalue weighted by atomic mass is 9.74. The van der Waals surface area contributed by atoms with E-state index >= 15 is 0 Å². The van der Waals surface area contributed by atoms with Crippen LogP contribution in [0, 0.1) is 16.7 Å². The van der Waals surface area contributed by atoms with Crippen LogP contribution in [0.5, 0.6) is 0 Å². The van der Waals surface area contributed by atoms with Gasteiger partial charge in [-0.05, 0) is 42.2 Å². The summed E-state index contributed by atoms with van der Waals surface area (Å²) < 4.78 is 0. The molecule has 1 heteroatoms. The Labute approximate surface area is 166 Å². The van der Waals surface area contributed by atoms with Crippen LogP contribution in [0.4, 0.5) is 0 Å². The first-order valence-electron chi connectivity index (χ1n) is 10.7. The minimum absolute atomic E-state index is 0.315. The molecule has 0 spiro atoms. The molecule has 0 aliphatic heterocycles. The van der Waals surface area contributed by atoms with E-state index < -0.39 is 0 Å². The Balaban J connectivity index is 1.80. The van der Waals surface area contributed by atoms with Gasteiger partial charge >= 0.3 is 0 Å². The van der Waals surface area contributed by atoms with Gasteiger partial charge in [-0.1, -0.05) is 106 Å². The molecular formula is C26H35N. The van der Waals surface area contributed by atoms with Gasteiger partial charge in [-0.3, -0.25) is 0 Å². The van der Waals surface area contributed by atoms with Crippen molar-refractivity contribution in [2.75, 3.05) is 0 Å². The molecule has 0 fully saturated rings. The summed E-state index contributed by atoms with van der Waals surface area (Å²) in [5.41, 5.74) is 3.22. The van der Waals surface area contributed by atoms with E-state index in [2.05, 4.69) is 73.7 Å². The molecular weight excluding hydrogens is 326 g/mol. The van der Waals surface area contributed by atoms with E-state index in [1.54, 1.807) is 0 Å². The summed E-state index contributed by atoms with van der Waals surface area (Å²) in [5, 5.41) is 8.58. The molecule has 0 amide bonds. The predicted molar refractivity (Wildman–Crippen MR) is 116 cm³/mol. The first-order valence-corrected chi connectivity index (χ1v) is 10.7. The summed E-state index contributed by atoms with van der Waals surface area (Å²) in [6, 6.07) is 24.1. The van der Waals surface area contributed by atoms with Gasteiger partial charge in [0.05, 0.1) is 6.07 Å². The van der Waals surface area contributed by atoms with E-state index in [0.717, 1.165) is 25.7 Å². The molecule has 0 atom stereocenters. The van der Waals surface area contributed by atoms with Crippen LogP contribution in [0.2, 0.25) is 0 Å². The molecule has 2 aromatic carbocycles.